The van der Waals surface area contributed by atoms with Crippen molar-refractivity contribution in [1.82, 2.24) is 4.90 Å². The van der Waals surface area contributed by atoms with Crippen LogP contribution in [0.4, 0.5) is 0 Å². The Morgan fingerprint density at radius 2 is 1.83 bits per heavy atom. The highest BCUT2D eigenvalue weighted by molar-refractivity contribution is 7.10. The molecular weight excluding hydrogens is 462 g/mol. The minimum absolute atomic E-state index is 0.0672. The Hall–Kier alpha value is -4.10. The molecule has 176 valence electrons. The summed E-state index contributed by atoms with van der Waals surface area (Å²) in [6.07, 6.45) is 1.52. The second-order valence-corrected chi connectivity index (χ2v) is 9.24. The van der Waals surface area contributed by atoms with Gasteiger partial charge in [-0.15, -0.1) is 11.3 Å². The normalized spacial score (nSPS) is 17.2. The summed E-state index contributed by atoms with van der Waals surface area (Å²) in [4.78, 5) is 28.3. The molecule has 0 bridgehead atoms. The van der Waals surface area contributed by atoms with Crippen LogP contribution in [0.5, 0.6) is 5.75 Å². The number of carbonyl (C=O) groups excluding carboxylic acids is 2. The highest BCUT2D eigenvalue weighted by Gasteiger charge is 2.46. The molecule has 1 amide bonds. The molecule has 2 aromatic carbocycles. The monoisotopic (exact) mass is 485 g/mol. The zero-order chi connectivity index (χ0) is 24.4. The molecule has 1 fully saturated rings. The van der Waals surface area contributed by atoms with Crippen molar-refractivity contribution in [3.8, 4) is 5.75 Å². The molecule has 0 aliphatic carbocycles. The number of aliphatic hydroxyl groups excluding tert-OH is 1. The molecular formula is C28H23NO5S. The van der Waals surface area contributed by atoms with Crippen molar-refractivity contribution in [2.45, 2.75) is 26.1 Å². The van der Waals surface area contributed by atoms with Crippen molar-refractivity contribution in [1.29, 1.82) is 0 Å². The standard InChI is InChI=1S/C28H23NO5S/c1-18-6-2-3-7-20(18)17-34-21-12-10-19(11-13-21)26(30)24-25(23-9-5-15-35-23)29(28(32)27(24)31)16-22-8-4-14-33-22/h2-15,25,30H,16-17H2,1H3. The molecule has 1 saturated heterocycles. The van der Waals surface area contributed by atoms with Gasteiger partial charge in [-0.05, 0) is 65.9 Å². The first-order valence-electron chi connectivity index (χ1n) is 11.1. The van der Waals surface area contributed by atoms with E-state index in [0.717, 1.165) is 16.0 Å². The maximum atomic E-state index is 13.1. The molecule has 1 aliphatic rings. The number of ether oxygens (including phenoxy) is 1. The number of furan rings is 1. The van der Waals surface area contributed by atoms with Crippen LogP contribution in [-0.4, -0.2) is 21.7 Å². The Morgan fingerprint density at radius 3 is 2.51 bits per heavy atom. The number of thiophene rings is 1. The van der Waals surface area contributed by atoms with Crippen molar-refractivity contribution in [3.05, 3.63) is 117 Å². The fraction of sp³-hybridized carbons (Fsp3) is 0.143. The maximum absolute atomic E-state index is 13.1. The molecule has 1 unspecified atom stereocenters. The van der Waals surface area contributed by atoms with E-state index in [1.54, 1.807) is 36.4 Å². The zero-order valence-corrected chi connectivity index (χ0v) is 19.8. The van der Waals surface area contributed by atoms with Gasteiger partial charge < -0.3 is 19.2 Å². The number of Topliss-reactive ketones (excluding diaryl/α,β-unsaturated/α-hetero) is 1. The largest absolute Gasteiger partial charge is 0.507 e. The summed E-state index contributed by atoms with van der Waals surface area (Å²) in [7, 11) is 0. The van der Waals surface area contributed by atoms with Crippen molar-refractivity contribution in [3.63, 3.8) is 0 Å². The topological polar surface area (TPSA) is 80.0 Å². The van der Waals surface area contributed by atoms with E-state index in [9.17, 15) is 14.7 Å². The fourth-order valence-corrected chi connectivity index (χ4v) is 5.00. The van der Waals surface area contributed by atoms with Crippen LogP contribution in [-0.2, 0) is 22.7 Å². The predicted molar refractivity (Wildman–Crippen MR) is 133 cm³/mol. The number of rotatable bonds is 7. The molecule has 35 heavy (non-hydrogen) atoms. The summed E-state index contributed by atoms with van der Waals surface area (Å²) in [5.41, 5.74) is 2.74. The fourth-order valence-electron chi connectivity index (χ4n) is 4.15. The summed E-state index contributed by atoms with van der Waals surface area (Å²) in [5, 5.41) is 13.1. The number of carbonyl (C=O) groups is 2. The van der Waals surface area contributed by atoms with Gasteiger partial charge in [-0.25, -0.2) is 0 Å². The Balaban J connectivity index is 1.44. The maximum Gasteiger partial charge on any atom is 0.296 e. The van der Waals surface area contributed by atoms with Crippen LogP contribution < -0.4 is 4.74 Å². The minimum atomic E-state index is -0.715. The van der Waals surface area contributed by atoms with Crippen molar-refractivity contribution in [2.24, 2.45) is 0 Å². The molecule has 2 aromatic heterocycles. The molecule has 1 atom stereocenters. The first-order valence-corrected chi connectivity index (χ1v) is 12.0. The summed E-state index contributed by atoms with van der Waals surface area (Å²) in [6.45, 7) is 2.59. The number of amides is 1. The number of ketones is 1. The van der Waals surface area contributed by atoms with Gasteiger partial charge in [0, 0.05) is 10.4 Å². The van der Waals surface area contributed by atoms with Gasteiger partial charge in [-0.3, -0.25) is 9.59 Å². The second kappa shape index (κ2) is 9.64. The second-order valence-electron chi connectivity index (χ2n) is 8.26. The van der Waals surface area contributed by atoms with Crippen LogP contribution in [0.15, 0.2) is 94.4 Å². The van der Waals surface area contributed by atoms with Crippen LogP contribution in [0.2, 0.25) is 0 Å². The van der Waals surface area contributed by atoms with Crippen LogP contribution in [0.1, 0.15) is 33.4 Å². The molecule has 7 heteroatoms. The predicted octanol–water partition coefficient (Wildman–Crippen LogP) is 5.85. The first kappa shape index (κ1) is 22.7. The van der Waals surface area contributed by atoms with E-state index in [1.165, 1.54) is 22.5 Å². The van der Waals surface area contributed by atoms with Gasteiger partial charge in [0.05, 0.1) is 18.4 Å². The van der Waals surface area contributed by atoms with Gasteiger partial charge in [0.25, 0.3) is 11.7 Å². The van der Waals surface area contributed by atoms with Crippen LogP contribution in [0, 0.1) is 6.92 Å². The van der Waals surface area contributed by atoms with E-state index in [2.05, 4.69) is 0 Å². The quantitative estimate of drug-likeness (QED) is 0.202. The van der Waals surface area contributed by atoms with Crippen LogP contribution in [0.25, 0.3) is 5.76 Å². The van der Waals surface area contributed by atoms with Gasteiger partial charge >= 0.3 is 0 Å². The lowest BCUT2D eigenvalue weighted by Gasteiger charge is -2.23. The third kappa shape index (κ3) is 4.50. The van der Waals surface area contributed by atoms with Crippen molar-refractivity contribution in [2.75, 3.05) is 0 Å². The van der Waals surface area contributed by atoms with Crippen molar-refractivity contribution < 1.29 is 23.8 Å². The van der Waals surface area contributed by atoms with E-state index in [4.69, 9.17) is 9.15 Å². The molecule has 4 aromatic rings. The summed E-state index contributed by atoms with van der Waals surface area (Å²) >= 11 is 1.42. The smallest absolute Gasteiger partial charge is 0.296 e. The molecule has 6 nitrogen and oxygen atoms in total. The third-order valence-corrected chi connectivity index (χ3v) is 6.97. The molecule has 5 rings (SSSR count). The number of nitrogens with zero attached hydrogens (tertiary/aromatic N) is 1. The van der Waals surface area contributed by atoms with Gasteiger partial charge in [0.15, 0.2) is 0 Å². The summed E-state index contributed by atoms with van der Waals surface area (Å²) in [6, 6.07) is 21.4. The average Bonchev–Trinajstić information content (AvgIpc) is 3.63. The van der Waals surface area contributed by atoms with Gasteiger partial charge in [-0.2, -0.15) is 0 Å². The number of benzene rings is 2. The van der Waals surface area contributed by atoms with Crippen LogP contribution in [0.3, 0.4) is 0 Å². The number of aliphatic hydroxyl groups is 1. The SMILES string of the molecule is Cc1ccccc1COc1ccc(C(O)=C2C(=O)C(=O)N(Cc3ccco3)C2c2cccs2)cc1. The Labute approximate surface area is 206 Å². The van der Waals surface area contributed by atoms with Crippen molar-refractivity contribution >= 4 is 28.8 Å². The van der Waals surface area contributed by atoms with Gasteiger partial charge in [-0.1, -0.05) is 30.3 Å². The van der Waals surface area contributed by atoms with E-state index in [-0.39, 0.29) is 17.9 Å². The molecule has 0 saturated carbocycles. The lowest BCUT2D eigenvalue weighted by atomic mass is 10.00. The molecule has 0 radical (unpaired) electrons. The van der Waals surface area contributed by atoms with E-state index in [1.807, 2.05) is 48.7 Å². The molecule has 0 spiro atoms. The highest BCUT2D eigenvalue weighted by atomic mass is 32.1. The lowest BCUT2D eigenvalue weighted by Crippen LogP contribution is -2.28. The lowest BCUT2D eigenvalue weighted by molar-refractivity contribution is -0.140. The Bertz CT molecular complexity index is 1370. The Morgan fingerprint density at radius 1 is 1.03 bits per heavy atom. The minimum Gasteiger partial charge on any atom is -0.507 e. The van der Waals surface area contributed by atoms with E-state index >= 15 is 0 Å². The molecule has 1 aliphatic heterocycles. The Kier molecular flexibility index (Phi) is 6.25. The highest BCUT2D eigenvalue weighted by Crippen LogP contribution is 2.42. The average molecular weight is 486 g/mol. The number of likely N-dealkylation sites (tertiary alicyclic amines) is 1. The number of hydrogen-bond donors (Lipinski definition) is 1. The first-order chi connectivity index (χ1) is 17.0. The molecule has 3 heterocycles. The van der Waals surface area contributed by atoms with Gasteiger partial charge in [0.2, 0.25) is 0 Å². The molecule has 1 N–H and O–H groups in total. The van der Waals surface area contributed by atoms with Gasteiger partial charge in [0.1, 0.15) is 29.9 Å². The van der Waals surface area contributed by atoms with E-state index < -0.39 is 17.7 Å². The van der Waals surface area contributed by atoms with Crippen LogP contribution >= 0.6 is 11.3 Å². The summed E-state index contributed by atoms with van der Waals surface area (Å²) in [5.74, 6) is -0.400. The zero-order valence-electron chi connectivity index (χ0n) is 19.0. The number of hydrogen-bond acceptors (Lipinski definition) is 6. The summed E-state index contributed by atoms with van der Waals surface area (Å²) < 4.78 is 11.3. The van der Waals surface area contributed by atoms with E-state index in [0.29, 0.717) is 23.7 Å². The third-order valence-electron chi connectivity index (χ3n) is 6.04. The number of aryl methyl sites for hydroxylation is 1.